The molecule has 0 aromatic rings. The van der Waals surface area contributed by atoms with Gasteiger partial charge in [-0.3, -0.25) is 0 Å². The minimum Gasteiger partial charge on any atom is -0.382 e. The summed E-state index contributed by atoms with van der Waals surface area (Å²) in [6, 6.07) is 0.489. The monoisotopic (exact) mass is 201 g/mol. The third-order valence-corrected chi connectivity index (χ3v) is 1.73. The summed E-state index contributed by atoms with van der Waals surface area (Å²) < 4.78 is 10.5. The molecule has 1 atom stereocenters. The van der Waals surface area contributed by atoms with Crippen molar-refractivity contribution in [2.75, 3.05) is 26.9 Å². The zero-order chi connectivity index (χ0) is 11.0. The van der Waals surface area contributed by atoms with Gasteiger partial charge < -0.3 is 14.8 Å². The Morgan fingerprint density at radius 3 is 2.50 bits per heavy atom. The summed E-state index contributed by atoms with van der Waals surface area (Å²) in [5.41, 5.74) is 1.07. The second kappa shape index (κ2) is 7.97. The molecule has 0 saturated heterocycles. The summed E-state index contributed by atoms with van der Waals surface area (Å²) in [5, 5.41) is 3.29. The van der Waals surface area contributed by atoms with Crippen LogP contribution in [0.15, 0.2) is 12.2 Å². The van der Waals surface area contributed by atoms with Crippen LogP contribution < -0.4 is 5.32 Å². The fourth-order valence-corrected chi connectivity index (χ4v) is 0.942. The van der Waals surface area contributed by atoms with Crippen molar-refractivity contribution in [2.45, 2.75) is 32.9 Å². The Labute approximate surface area is 87.5 Å². The van der Waals surface area contributed by atoms with Crippen molar-refractivity contribution in [1.29, 1.82) is 0 Å². The van der Waals surface area contributed by atoms with Gasteiger partial charge in [-0.15, -0.1) is 0 Å². The van der Waals surface area contributed by atoms with Gasteiger partial charge in [0.1, 0.15) is 0 Å². The van der Waals surface area contributed by atoms with Gasteiger partial charge in [0.2, 0.25) is 0 Å². The molecule has 84 valence electrons. The number of methoxy groups -OCH3 is 1. The van der Waals surface area contributed by atoms with Crippen LogP contribution in [0.2, 0.25) is 0 Å². The van der Waals surface area contributed by atoms with Gasteiger partial charge in [-0.2, -0.15) is 0 Å². The molecule has 0 spiro atoms. The average Bonchev–Trinajstić information content (AvgIpc) is 2.12. The molecule has 0 aliphatic heterocycles. The molecule has 0 bridgehead atoms. The summed E-state index contributed by atoms with van der Waals surface area (Å²) in [6.45, 7) is 12.2. The fourth-order valence-electron chi connectivity index (χ4n) is 0.942. The Bertz CT molecular complexity index is 157. The van der Waals surface area contributed by atoms with E-state index in [2.05, 4.69) is 25.7 Å². The third-order valence-electron chi connectivity index (χ3n) is 1.73. The molecule has 0 aromatic carbocycles. The van der Waals surface area contributed by atoms with Crippen LogP contribution in [0, 0.1) is 0 Å². The van der Waals surface area contributed by atoms with Crippen molar-refractivity contribution < 1.29 is 9.47 Å². The predicted molar refractivity (Wildman–Crippen MR) is 59.6 cm³/mol. The van der Waals surface area contributed by atoms with Crippen molar-refractivity contribution in [3.8, 4) is 0 Å². The molecule has 0 aliphatic rings. The first-order chi connectivity index (χ1) is 6.56. The molecular formula is C11H23NO2. The molecule has 1 N–H and O–H groups in total. The topological polar surface area (TPSA) is 30.5 Å². The highest BCUT2D eigenvalue weighted by molar-refractivity contribution is 4.97. The first kappa shape index (κ1) is 13.6. The molecule has 0 amide bonds. The van der Waals surface area contributed by atoms with Crippen LogP contribution in [0.3, 0.4) is 0 Å². The van der Waals surface area contributed by atoms with Gasteiger partial charge in [-0.25, -0.2) is 0 Å². The van der Waals surface area contributed by atoms with Gasteiger partial charge in [0.15, 0.2) is 0 Å². The van der Waals surface area contributed by atoms with Gasteiger partial charge in [0, 0.05) is 19.7 Å². The van der Waals surface area contributed by atoms with E-state index in [1.165, 1.54) is 0 Å². The number of hydrogen-bond acceptors (Lipinski definition) is 3. The van der Waals surface area contributed by atoms with E-state index in [4.69, 9.17) is 9.47 Å². The quantitative estimate of drug-likeness (QED) is 0.605. The Morgan fingerprint density at radius 1 is 1.36 bits per heavy atom. The van der Waals surface area contributed by atoms with Gasteiger partial charge in [0.05, 0.1) is 19.3 Å². The van der Waals surface area contributed by atoms with Gasteiger partial charge in [0.25, 0.3) is 0 Å². The number of hydrogen-bond donors (Lipinski definition) is 1. The highest BCUT2D eigenvalue weighted by Gasteiger charge is 2.02. The fraction of sp³-hybridized carbons (Fsp3) is 0.818. The number of nitrogens with one attached hydrogen (secondary N) is 1. The van der Waals surface area contributed by atoms with Crippen molar-refractivity contribution in [3.05, 3.63) is 12.2 Å². The summed E-state index contributed by atoms with van der Waals surface area (Å²) in [4.78, 5) is 0. The lowest BCUT2D eigenvalue weighted by Gasteiger charge is -2.14. The summed E-state index contributed by atoms with van der Waals surface area (Å²) >= 11 is 0. The predicted octanol–water partition coefficient (Wildman–Crippen LogP) is 1.59. The second-order valence-corrected chi connectivity index (χ2v) is 3.86. The zero-order valence-corrected chi connectivity index (χ0v) is 9.80. The lowest BCUT2D eigenvalue weighted by molar-refractivity contribution is 0.0195. The van der Waals surface area contributed by atoms with Crippen LogP contribution in [0.4, 0.5) is 0 Å². The van der Waals surface area contributed by atoms with E-state index in [1.807, 2.05) is 6.92 Å². The van der Waals surface area contributed by atoms with E-state index in [-0.39, 0.29) is 6.10 Å². The Balaban J connectivity index is 3.43. The van der Waals surface area contributed by atoms with E-state index in [9.17, 15) is 0 Å². The standard InChI is InChI=1S/C11H23NO2/c1-9(2)12-6-10(3)7-14-11(4)8-13-5/h9,11-12H,3,6-8H2,1-2,4-5H3. The highest BCUT2D eigenvalue weighted by atomic mass is 16.5. The first-order valence-corrected chi connectivity index (χ1v) is 5.06. The van der Waals surface area contributed by atoms with E-state index in [0.29, 0.717) is 19.3 Å². The molecular weight excluding hydrogens is 178 g/mol. The number of rotatable bonds is 8. The van der Waals surface area contributed by atoms with Crippen molar-refractivity contribution in [1.82, 2.24) is 5.32 Å². The molecule has 0 aromatic heterocycles. The summed E-state index contributed by atoms with van der Waals surface area (Å²) in [5.74, 6) is 0. The SMILES string of the molecule is C=C(CNC(C)C)COC(C)COC. The summed E-state index contributed by atoms with van der Waals surface area (Å²) in [7, 11) is 1.68. The molecule has 0 rings (SSSR count). The minimum atomic E-state index is 0.135. The van der Waals surface area contributed by atoms with Crippen LogP contribution >= 0.6 is 0 Å². The van der Waals surface area contributed by atoms with Crippen LogP contribution in [-0.2, 0) is 9.47 Å². The molecule has 1 unspecified atom stereocenters. The molecule has 14 heavy (non-hydrogen) atoms. The van der Waals surface area contributed by atoms with Gasteiger partial charge >= 0.3 is 0 Å². The summed E-state index contributed by atoms with van der Waals surface area (Å²) in [6.07, 6.45) is 0.135. The molecule has 0 aliphatic carbocycles. The third kappa shape index (κ3) is 8.23. The normalized spacial score (nSPS) is 13.2. The van der Waals surface area contributed by atoms with Crippen LogP contribution in [0.1, 0.15) is 20.8 Å². The van der Waals surface area contributed by atoms with Crippen molar-refractivity contribution in [2.24, 2.45) is 0 Å². The van der Waals surface area contributed by atoms with Crippen molar-refractivity contribution in [3.63, 3.8) is 0 Å². The van der Waals surface area contributed by atoms with Gasteiger partial charge in [-0.05, 0) is 12.5 Å². The lowest BCUT2D eigenvalue weighted by atomic mass is 10.3. The molecule has 0 saturated carbocycles. The lowest BCUT2D eigenvalue weighted by Crippen LogP contribution is -2.27. The van der Waals surface area contributed by atoms with Crippen LogP contribution in [-0.4, -0.2) is 39.0 Å². The molecule has 3 nitrogen and oxygen atoms in total. The Morgan fingerprint density at radius 2 is 2.00 bits per heavy atom. The van der Waals surface area contributed by atoms with Gasteiger partial charge in [-0.1, -0.05) is 20.4 Å². The Hall–Kier alpha value is -0.380. The van der Waals surface area contributed by atoms with E-state index >= 15 is 0 Å². The zero-order valence-electron chi connectivity index (χ0n) is 9.80. The molecule has 0 fully saturated rings. The highest BCUT2D eigenvalue weighted by Crippen LogP contribution is 1.96. The van der Waals surface area contributed by atoms with Crippen LogP contribution in [0.25, 0.3) is 0 Å². The maximum absolute atomic E-state index is 5.51. The Kier molecular flexibility index (Phi) is 7.76. The smallest absolute Gasteiger partial charge is 0.0784 e. The largest absolute Gasteiger partial charge is 0.382 e. The second-order valence-electron chi connectivity index (χ2n) is 3.86. The first-order valence-electron chi connectivity index (χ1n) is 5.06. The maximum atomic E-state index is 5.51. The average molecular weight is 201 g/mol. The molecule has 0 heterocycles. The maximum Gasteiger partial charge on any atom is 0.0784 e. The minimum absolute atomic E-state index is 0.135. The van der Waals surface area contributed by atoms with Crippen molar-refractivity contribution >= 4 is 0 Å². The van der Waals surface area contributed by atoms with E-state index < -0.39 is 0 Å². The molecule has 3 heteroatoms. The number of ether oxygens (including phenoxy) is 2. The molecule has 0 radical (unpaired) electrons. The van der Waals surface area contributed by atoms with E-state index in [1.54, 1.807) is 7.11 Å². The van der Waals surface area contributed by atoms with Crippen LogP contribution in [0.5, 0.6) is 0 Å². The van der Waals surface area contributed by atoms with E-state index in [0.717, 1.165) is 12.1 Å².